The summed E-state index contributed by atoms with van der Waals surface area (Å²) in [5, 5.41) is 13.7. The molecule has 0 amide bonds. The molecular weight excluding hydrogens is 630 g/mol. The fourth-order valence-corrected chi connectivity index (χ4v) is 6.21. The zero-order valence-corrected chi connectivity index (χ0v) is 21.2. The largest absolute Gasteiger partial charge is 0.506 e. The Balaban J connectivity index is 0.00000280. The van der Waals surface area contributed by atoms with E-state index in [1.165, 1.54) is 5.56 Å². The van der Waals surface area contributed by atoms with Crippen LogP contribution in [0.5, 0.6) is 11.5 Å². The molecule has 10 heteroatoms. The molecule has 2 aromatic carbocycles. The third-order valence-electron chi connectivity index (χ3n) is 4.42. The molecule has 0 saturated carbocycles. The summed E-state index contributed by atoms with van der Waals surface area (Å²) in [5.41, 5.74) is 3.42. The van der Waals surface area contributed by atoms with E-state index in [4.69, 9.17) is 4.74 Å². The minimum Gasteiger partial charge on any atom is -0.506 e. The summed E-state index contributed by atoms with van der Waals surface area (Å²) in [6, 6.07) is 7.65. The third kappa shape index (κ3) is 5.55. The van der Waals surface area contributed by atoms with Crippen LogP contribution in [0.15, 0.2) is 24.3 Å². The van der Waals surface area contributed by atoms with Gasteiger partial charge in [0, 0.05) is 6.04 Å². The number of halogens is 3. The standard InChI is InChI=1S/C18H20I2N2O4S.ClH/c1-26-18-13(19)5-10(6-14(18)20)7-15-12-9-16(22-27(2,24)25)17(23)8-11(12)3-4-21-15;/h5-6,8-9,15,21-23H,3-4,7H2,1-2H3;1H/t15-;/m1./s1. The first-order valence-corrected chi connectivity index (χ1v) is 12.3. The first-order chi connectivity index (χ1) is 12.7. The lowest BCUT2D eigenvalue weighted by Crippen LogP contribution is -2.31. The molecule has 1 aliphatic rings. The first kappa shape index (κ1) is 23.8. The van der Waals surface area contributed by atoms with Crippen molar-refractivity contribution in [2.24, 2.45) is 0 Å². The zero-order valence-electron chi connectivity index (χ0n) is 15.3. The number of methoxy groups -OCH3 is 1. The highest BCUT2D eigenvalue weighted by atomic mass is 127. The number of phenolic OH excluding ortho intramolecular Hbond substituents is 1. The number of rotatable bonds is 5. The van der Waals surface area contributed by atoms with E-state index in [1.54, 1.807) is 19.2 Å². The molecule has 0 saturated heterocycles. The van der Waals surface area contributed by atoms with E-state index in [2.05, 4.69) is 67.4 Å². The predicted octanol–water partition coefficient (Wildman–Crippen LogP) is 3.83. The quantitative estimate of drug-likeness (QED) is 0.339. The van der Waals surface area contributed by atoms with E-state index < -0.39 is 10.0 Å². The summed E-state index contributed by atoms with van der Waals surface area (Å²) in [7, 11) is -1.80. The minimum absolute atomic E-state index is 0. The topological polar surface area (TPSA) is 87.7 Å². The number of fused-ring (bicyclic) bond motifs is 1. The second-order valence-electron chi connectivity index (χ2n) is 6.50. The van der Waals surface area contributed by atoms with E-state index in [-0.39, 0.29) is 29.9 Å². The minimum atomic E-state index is -3.47. The summed E-state index contributed by atoms with van der Waals surface area (Å²) in [4.78, 5) is 0. The molecule has 0 fully saturated rings. The van der Waals surface area contributed by atoms with Crippen LogP contribution in [0, 0.1) is 7.14 Å². The van der Waals surface area contributed by atoms with Gasteiger partial charge in [-0.05, 0) is 106 Å². The van der Waals surface area contributed by atoms with Gasteiger partial charge < -0.3 is 15.2 Å². The molecule has 0 aromatic heterocycles. The molecule has 28 heavy (non-hydrogen) atoms. The van der Waals surface area contributed by atoms with Crippen LogP contribution in [0.25, 0.3) is 0 Å². The van der Waals surface area contributed by atoms with Gasteiger partial charge in [-0.25, -0.2) is 8.42 Å². The van der Waals surface area contributed by atoms with Crippen molar-refractivity contribution in [3.05, 3.63) is 48.1 Å². The second-order valence-corrected chi connectivity index (χ2v) is 10.6. The summed E-state index contributed by atoms with van der Waals surface area (Å²) >= 11 is 4.54. The molecule has 3 rings (SSSR count). The third-order valence-corrected chi connectivity index (χ3v) is 6.61. The molecule has 0 spiro atoms. The fraction of sp³-hybridized carbons (Fsp3) is 0.333. The Bertz CT molecular complexity index is 963. The number of hydrogen-bond donors (Lipinski definition) is 3. The number of ether oxygens (including phenoxy) is 1. The predicted molar refractivity (Wildman–Crippen MR) is 130 cm³/mol. The Labute approximate surface area is 198 Å². The highest BCUT2D eigenvalue weighted by Crippen LogP contribution is 2.36. The molecule has 3 N–H and O–H groups in total. The van der Waals surface area contributed by atoms with Crippen molar-refractivity contribution in [3.8, 4) is 11.5 Å². The van der Waals surface area contributed by atoms with Crippen LogP contribution in [-0.4, -0.2) is 33.4 Å². The van der Waals surface area contributed by atoms with E-state index in [0.717, 1.165) is 49.7 Å². The average Bonchev–Trinajstić information content (AvgIpc) is 2.55. The smallest absolute Gasteiger partial charge is 0.229 e. The van der Waals surface area contributed by atoms with Crippen molar-refractivity contribution < 1.29 is 18.3 Å². The SMILES string of the molecule is COc1c(I)cc(C[C@H]2NCCc3cc(O)c(NS(C)(=O)=O)cc32)cc1I.Cl. The number of phenols is 1. The number of sulfonamides is 1. The monoisotopic (exact) mass is 650 g/mol. The van der Waals surface area contributed by atoms with Gasteiger partial charge in [0.2, 0.25) is 10.0 Å². The van der Waals surface area contributed by atoms with Crippen LogP contribution in [0.2, 0.25) is 0 Å². The number of benzene rings is 2. The van der Waals surface area contributed by atoms with Crippen molar-refractivity contribution in [2.45, 2.75) is 18.9 Å². The van der Waals surface area contributed by atoms with Crippen molar-refractivity contribution in [3.63, 3.8) is 0 Å². The maximum Gasteiger partial charge on any atom is 0.229 e. The Morgan fingerprint density at radius 3 is 2.46 bits per heavy atom. The zero-order chi connectivity index (χ0) is 19.8. The molecule has 0 unspecified atom stereocenters. The van der Waals surface area contributed by atoms with Gasteiger partial charge in [-0.3, -0.25) is 4.72 Å². The maximum atomic E-state index is 11.6. The normalized spacial score (nSPS) is 16.1. The van der Waals surface area contributed by atoms with Crippen molar-refractivity contribution in [1.82, 2.24) is 5.32 Å². The number of aromatic hydroxyl groups is 1. The van der Waals surface area contributed by atoms with Gasteiger partial charge in [-0.2, -0.15) is 0 Å². The molecule has 2 aromatic rings. The van der Waals surface area contributed by atoms with E-state index in [0.29, 0.717) is 0 Å². The van der Waals surface area contributed by atoms with Crippen molar-refractivity contribution in [1.29, 1.82) is 0 Å². The Morgan fingerprint density at radius 2 is 1.89 bits per heavy atom. The van der Waals surface area contributed by atoms with Gasteiger partial charge >= 0.3 is 0 Å². The highest BCUT2D eigenvalue weighted by Gasteiger charge is 2.23. The first-order valence-electron chi connectivity index (χ1n) is 8.27. The highest BCUT2D eigenvalue weighted by molar-refractivity contribution is 14.1. The lowest BCUT2D eigenvalue weighted by atomic mass is 9.89. The van der Waals surface area contributed by atoms with Crippen LogP contribution in [0.1, 0.15) is 22.7 Å². The number of nitrogens with one attached hydrogen (secondary N) is 2. The van der Waals surface area contributed by atoms with Gasteiger partial charge in [-0.1, -0.05) is 0 Å². The van der Waals surface area contributed by atoms with Crippen LogP contribution in [0.4, 0.5) is 5.69 Å². The van der Waals surface area contributed by atoms with Gasteiger partial charge in [-0.15, -0.1) is 12.4 Å². The van der Waals surface area contributed by atoms with Crippen LogP contribution in [0.3, 0.4) is 0 Å². The molecule has 6 nitrogen and oxygen atoms in total. The molecule has 0 bridgehead atoms. The van der Waals surface area contributed by atoms with Crippen LogP contribution in [-0.2, 0) is 22.9 Å². The molecular formula is C18H21ClI2N2O4S. The molecule has 1 aliphatic heterocycles. The molecule has 0 aliphatic carbocycles. The van der Waals surface area contributed by atoms with Gasteiger partial charge in [0.05, 0.1) is 26.2 Å². The van der Waals surface area contributed by atoms with Gasteiger partial charge in [0.25, 0.3) is 0 Å². The van der Waals surface area contributed by atoms with E-state index in [9.17, 15) is 13.5 Å². The number of anilines is 1. The Hall–Kier alpha value is -0.500. The second kappa shape index (κ2) is 9.54. The van der Waals surface area contributed by atoms with E-state index >= 15 is 0 Å². The Kier molecular flexibility index (Phi) is 8.10. The van der Waals surface area contributed by atoms with Crippen LogP contribution < -0.4 is 14.8 Å². The lowest BCUT2D eigenvalue weighted by molar-refractivity contribution is 0.408. The van der Waals surface area contributed by atoms with Crippen molar-refractivity contribution in [2.75, 3.05) is 24.6 Å². The summed E-state index contributed by atoms with van der Waals surface area (Å²) in [5.74, 6) is 0.829. The lowest BCUT2D eigenvalue weighted by Gasteiger charge is -2.28. The summed E-state index contributed by atoms with van der Waals surface area (Å²) < 4.78 is 33.1. The Morgan fingerprint density at radius 1 is 1.25 bits per heavy atom. The van der Waals surface area contributed by atoms with E-state index in [1.807, 2.05) is 0 Å². The van der Waals surface area contributed by atoms with Crippen molar-refractivity contribution >= 4 is 73.3 Å². The van der Waals surface area contributed by atoms with Gasteiger partial charge in [0.15, 0.2) is 0 Å². The molecule has 1 atom stereocenters. The molecule has 1 heterocycles. The fourth-order valence-electron chi connectivity index (χ4n) is 3.30. The molecule has 154 valence electrons. The average molecular weight is 651 g/mol. The summed E-state index contributed by atoms with van der Waals surface area (Å²) in [6.45, 7) is 0.806. The summed E-state index contributed by atoms with van der Waals surface area (Å²) in [6.07, 6.45) is 2.62. The van der Waals surface area contributed by atoms with Crippen LogP contribution >= 0.6 is 57.6 Å². The molecule has 0 radical (unpaired) electrons. The maximum absolute atomic E-state index is 11.6. The number of hydrogen-bond acceptors (Lipinski definition) is 5. The van der Waals surface area contributed by atoms with Gasteiger partial charge in [0.1, 0.15) is 11.5 Å².